The molecule has 0 atom stereocenters. The fourth-order valence-corrected chi connectivity index (χ4v) is 3.98. The van der Waals surface area contributed by atoms with Gasteiger partial charge in [0.25, 0.3) is 0 Å². The molecule has 126 valence electrons. The first-order valence-electron chi connectivity index (χ1n) is 8.27. The summed E-state index contributed by atoms with van der Waals surface area (Å²) in [7, 11) is 2.00. The average molecular weight is 341 g/mol. The van der Waals surface area contributed by atoms with Crippen LogP contribution in [-0.2, 0) is 13.6 Å². The highest BCUT2D eigenvalue weighted by atomic mass is 32.2. The summed E-state index contributed by atoms with van der Waals surface area (Å²) in [6.07, 6.45) is 1.07. The average Bonchev–Trinajstić information content (AvgIpc) is 3.05. The molecule has 2 heterocycles. The molecule has 0 unspecified atom stereocenters. The largest absolute Gasteiger partial charge is 0.348 e. The molecule has 5 heteroatoms. The molecule has 0 aliphatic heterocycles. The molecule has 4 nitrogen and oxygen atoms in total. The quantitative estimate of drug-likeness (QED) is 0.493. The normalized spacial score (nSPS) is 11.3. The van der Waals surface area contributed by atoms with E-state index in [0.29, 0.717) is 5.75 Å². The zero-order valence-corrected chi connectivity index (χ0v) is 15.5. The predicted octanol–water partition coefficient (Wildman–Crippen LogP) is 4.38. The second kappa shape index (κ2) is 6.85. The third-order valence-corrected chi connectivity index (χ3v) is 5.43. The van der Waals surface area contributed by atoms with Gasteiger partial charge < -0.3 is 9.13 Å². The maximum Gasteiger partial charge on any atom is 0.175 e. The number of aryl methyl sites for hydroxylation is 2. The highest BCUT2D eigenvalue weighted by Crippen LogP contribution is 2.24. The molecule has 3 rings (SSSR count). The molecule has 0 aliphatic carbocycles. The van der Waals surface area contributed by atoms with E-state index in [-0.39, 0.29) is 5.78 Å². The highest BCUT2D eigenvalue weighted by molar-refractivity contribution is 7.99. The van der Waals surface area contributed by atoms with Crippen molar-refractivity contribution >= 4 is 28.6 Å². The van der Waals surface area contributed by atoms with Gasteiger partial charge in [0.2, 0.25) is 0 Å². The first-order valence-corrected chi connectivity index (χ1v) is 9.25. The summed E-state index contributed by atoms with van der Waals surface area (Å²) in [6.45, 7) is 7.22. The van der Waals surface area contributed by atoms with Gasteiger partial charge in [0.1, 0.15) is 0 Å². The first-order chi connectivity index (χ1) is 11.5. The lowest BCUT2D eigenvalue weighted by Gasteiger charge is -2.07. The van der Waals surface area contributed by atoms with E-state index >= 15 is 0 Å². The first kappa shape index (κ1) is 16.8. The minimum atomic E-state index is 0.169. The number of rotatable bonds is 6. The van der Waals surface area contributed by atoms with Gasteiger partial charge in [0, 0.05) is 30.5 Å². The molecule has 0 bridgehead atoms. The molecular formula is C19H23N3OS. The van der Waals surface area contributed by atoms with Crippen LogP contribution in [0.15, 0.2) is 35.5 Å². The van der Waals surface area contributed by atoms with Crippen molar-refractivity contribution < 1.29 is 4.79 Å². The Morgan fingerprint density at radius 3 is 2.71 bits per heavy atom. The number of ketones is 1. The molecular weight excluding hydrogens is 318 g/mol. The van der Waals surface area contributed by atoms with E-state index in [9.17, 15) is 4.79 Å². The van der Waals surface area contributed by atoms with Crippen LogP contribution >= 0.6 is 11.8 Å². The van der Waals surface area contributed by atoms with Crippen LogP contribution in [-0.4, -0.2) is 25.7 Å². The van der Waals surface area contributed by atoms with E-state index in [1.807, 2.05) is 48.9 Å². The lowest BCUT2D eigenvalue weighted by molar-refractivity contribution is 0.102. The smallest absolute Gasteiger partial charge is 0.175 e. The number of Topliss-reactive ketones (excluding diaryl/α,β-unsaturated/α-hetero) is 1. The van der Waals surface area contributed by atoms with Gasteiger partial charge in [-0.2, -0.15) is 0 Å². The molecule has 0 spiro atoms. The van der Waals surface area contributed by atoms with Gasteiger partial charge in [-0.25, -0.2) is 4.98 Å². The fourth-order valence-electron chi connectivity index (χ4n) is 3.11. The summed E-state index contributed by atoms with van der Waals surface area (Å²) >= 11 is 1.51. The van der Waals surface area contributed by atoms with Crippen molar-refractivity contribution in [2.24, 2.45) is 7.05 Å². The Hall–Kier alpha value is -2.01. The highest BCUT2D eigenvalue weighted by Gasteiger charge is 2.17. The Balaban J connectivity index is 1.78. The summed E-state index contributed by atoms with van der Waals surface area (Å²) in [6, 6.07) is 10.1. The molecule has 24 heavy (non-hydrogen) atoms. The van der Waals surface area contributed by atoms with Gasteiger partial charge in [-0.1, -0.05) is 30.8 Å². The molecule has 0 amide bonds. The van der Waals surface area contributed by atoms with E-state index in [4.69, 9.17) is 0 Å². The van der Waals surface area contributed by atoms with E-state index in [1.165, 1.54) is 11.8 Å². The molecule has 0 aliphatic rings. The van der Waals surface area contributed by atoms with Crippen molar-refractivity contribution in [3.8, 4) is 0 Å². The van der Waals surface area contributed by atoms with E-state index in [0.717, 1.165) is 46.1 Å². The van der Waals surface area contributed by atoms with Gasteiger partial charge in [0.05, 0.1) is 16.8 Å². The minimum Gasteiger partial charge on any atom is -0.348 e. The fraction of sp³-hybridized carbons (Fsp3) is 0.368. The van der Waals surface area contributed by atoms with Crippen LogP contribution in [0.25, 0.3) is 11.0 Å². The molecule has 0 N–H and O–H groups in total. The van der Waals surface area contributed by atoms with Crippen molar-refractivity contribution in [2.75, 3.05) is 5.75 Å². The SMILES string of the molecule is CCCn1c(C)cc(C(=O)CSc2nc3ccccc3n2C)c1C. The lowest BCUT2D eigenvalue weighted by atomic mass is 10.2. The van der Waals surface area contributed by atoms with Gasteiger partial charge in [0.15, 0.2) is 10.9 Å². The maximum atomic E-state index is 12.7. The summed E-state index contributed by atoms with van der Waals surface area (Å²) in [5, 5.41) is 0.881. The number of carbonyl (C=O) groups is 1. The van der Waals surface area contributed by atoms with Crippen LogP contribution in [0.3, 0.4) is 0 Å². The molecule has 3 aromatic rings. The van der Waals surface area contributed by atoms with Crippen molar-refractivity contribution in [3.63, 3.8) is 0 Å². The van der Waals surface area contributed by atoms with Gasteiger partial charge in [-0.05, 0) is 38.5 Å². The molecule has 0 saturated heterocycles. The van der Waals surface area contributed by atoms with E-state index in [1.54, 1.807) is 0 Å². The molecule has 1 aromatic carbocycles. The number of fused-ring (bicyclic) bond motifs is 1. The Labute approximate surface area is 146 Å². The lowest BCUT2D eigenvalue weighted by Crippen LogP contribution is -2.07. The molecule has 0 saturated carbocycles. The number of nitrogens with zero attached hydrogens (tertiary/aromatic N) is 3. The summed E-state index contributed by atoms with van der Waals surface area (Å²) < 4.78 is 4.28. The standard InChI is InChI=1S/C19H23N3OS/c1-5-10-22-13(2)11-15(14(22)3)18(23)12-24-19-20-16-8-6-7-9-17(16)21(19)4/h6-9,11H,5,10,12H2,1-4H3. The second-order valence-electron chi connectivity index (χ2n) is 6.09. The topological polar surface area (TPSA) is 39.8 Å². The number of hydrogen-bond donors (Lipinski definition) is 0. The van der Waals surface area contributed by atoms with Crippen LogP contribution in [0.5, 0.6) is 0 Å². The van der Waals surface area contributed by atoms with Gasteiger partial charge in [-0.15, -0.1) is 0 Å². The second-order valence-corrected chi connectivity index (χ2v) is 7.03. The van der Waals surface area contributed by atoms with Crippen LogP contribution in [0.1, 0.15) is 35.1 Å². The number of aromatic nitrogens is 3. The summed E-state index contributed by atoms with van der Waals surface area (Å²) in [5.41, 5.74) is 5.13. The van der Waals surface area contributed by atoms with Crippen molar-refractivity contribution in [2.45, 2.75) is 38.9 Å². The molecule has 0 radical (unpaired) electrons. The zero-order valence-electron chi connectivity index (χ0n) is 14.7. The number of hydrogen-bond acceptors (Lipinski definition) is 3. The number of para-hydroxylation sites is 2. The predicted molar refractivity (Wildman–Crippen MR) is 100.0 cm³/mol. The van der Waals surface area contributed by atoms with Crippen LogP contribution < -0.4 is 0 Å². The number of benzene rings is 1. The number of thioether (sulfide) groups is 1. The third kappa shape index (κ3) is 3.00. The number of carbonyl (C=O) groups excluding carboxylic acids is 1. The Morgan fingerprint density at radius 2 is 2.00 bits per heavy atom. The van der Waals surface area contributed by atoms with Crippen molar-refractivity contribution in [1.29, 1.82) is 0 Å². The summed E-state index contributed by atoms with van der Waals surface area (Å²) in [5.74, 6) is 0.579. The monoisotopic (exact) mass is 341 g/mol. The van der Waals surface area contributed by atoms with Crippen LogP contribution in [0, 0.1) is 13.8 Å². The molecule has 2 aromatic heterocycles. The minimum absolute atomic E-state index is 0.169. The van der Waals surface area contributed by atoms with E-state index < -0.39 is 0 Å². The van der Waals surface area contributed by atoms with Crippen LogP contribution in [0.2, 0.25) is 0 Å². The van der Waals surface area contributed by atoms with Gasteiger partial charge in [-0.3, -0.25) is 4.79 Å². The Morgan fingerprint density at radius 1 is 1.25 bits per heavy atom. The van der Waals surface area contributed by atoms with Crippen molar-refractivity contribution in [1.82, 2.24) is 14.1 Å². The number of imidazole rings is 1. The zero-order chi connectivity index (χ0) is 17.3. The third-order valence-electron chi connectivity index (χ3n) is 4.40. The Bertz CT molecular complexity index is 892. The maximum absolute atomic E-state index is 12.7. The Kier molecular flexibility index (Phi) is 4.81. The van der Waals surface area contributed by atoms with E-state index in [2.05, 4.69) is 23.4 Å². The van der Waals surface area contributed by atoms with Crippen LogP contribution in [0.4, 0.5) is 0 Å². The van der Waals surface area contributed by atoms with Gasteiger partial charge >= 0.3 is 0 Å². The summed E-state index contributed by atoms with van der Waals surface area (Å²) in [4.78, 5) is 17.3. The molecule has 0 fully saturated rings. The van der Waals surface area contributed by atoms with Crippen molar-refractivity contribution in [3.05, 3.63) is 47.3 Å².